The molecule has 0 bridgehead atoms. The van der Waals surface area contributed by atoms with Gasteiger partial charge in [-0.3, -0.25) is 9.78 Å². The van der Waals surface area contributed by atoms with Crippen molar-refractivity contribution in [3.8, 4) is 0 Å². The van der Waals surface area contributed by atoms with Gasteiger partial charge in [-0.15, -0.1) is 0 Å². The van der Waals surface area contributed by atoms with Gasteiger partial charge in [0.05, 0.1) is 6.42 Å². The summed E-state index contributed by atoms with van der Waals surface area (Å²) in [5.74, 6) is -0.0422. The molecule has 4 nitrogen and oxygen atoms in total. The molecular weight excluding hydrogens is 238 g/mol. The highest BCUT2D eigenvalue weighted by molar-refractivity contribution is 5.78. The van der Waals surface area contributed by atoms with Crippen LogP contribution in [0.3, 0.4) is 0 Å². The summed E-state index contributed by atoms with van der Waals surface area (Å²) in [4.78, 5) is 15.7. The number of pyridine rings is 1. The molecule has 2 rings (SSSR count). The number of carbonyl (C=O) groups is 1. The summed E-state index contributed by atoms with van der Waals surface area (Å²) >= 11 is 0. The first-order chi connectivity index (χ1) is 9.25. The van der Waals surface area contributed by atoms with Crippen molar-refractivity contribution in [1.29, 1.82) is 0 Å². The predicted molar refractivity (Wildman–Crippen MR) is 74.3 cm³/mol. The van der Waals surface area contributed by atoms with Crippen LogP contribution in [0.2, 0.25) is 0 Å². The van der Waals surface area contributed by atoms with Crippen LogP contribution in [0.1, 0.15) is 17.2 Å². The van der Waals surface area contributed by atoms with Crippen LogP contribution in [-0.2, 0) is 11.2 Å². The van der Waals surface area contributed by atoms with Gasteiger partial charge in [0.2, 0.25) is 5.91 Å². The Morgan fingerprint density at radius 1 is 1.21 bits per heavy atom. The molecule has 0 aliphatic rings. The minimum Gasteiger partial charge on any atom is -0.354 e. The third kappa shape index (κ3) is 4.19. The van der Waals surface area contributed by atoms with Crippen LogP contribution in [0.25, 0.3) is 0 Å². The first kappa shape index (κ1) is 13.2. The lowest BCUT2D eigenvalue weighted by molar-refractivity contribution is -0.120. The minimum absolute atomic E-state index is 0.0422. The number of nitrogens with zero attached hydrogens (tertiary/aromatic N) is 1. The molecular formula is C15H17N3O. The van der Waals surface area contributed by atoms with E-state index in [9.17, 15) is 4.79 Å². The van der Waals surface area contributed by atoms with Crippen LogP contribution in [0, 0.1) is 0 Å². The monoisotopic (exact) mass is 255 g/mol. The number of amides is 1. The van der Waals surface area contributed by atoms with E-state index in [-0.39, 0.29) is 11.9 Å². The zero-order chi connectivity index (χ0) is 13.5. The van der Waals surface area contributed by atoms with Crippen LogP contribution in [0.4, 0.5) is 0 Å². The summed E-state index contributed by atoms with van der Waals surface area (Å²) in [5, 5.41) is 2.84. The van der Waals surface area contributed by atoms with Crippen LogP contribution >= 0.6 is 0 Å². The molecule has 0 saturated carbocycles. The topological polar surface area (TPSA) is 68.0 Å². The van der Waals surface area contributed by atoms with Crippen LogP contribution < -0.4 is 11.1 Å². The first-order valence-electron chi connectivity index (χ1n) is 6.22. The van der Waals surface area contributed by atoms with E-state index in [1.54, 1.807) is 12.4 Å². The average Bonchev–Trinajstić information content (AvgIpc) is 2.47. The molecule has 0 fully saturated rings. The summed E-state index contributed by atoms with van der Waals surface area (Å²) in [6, 6.07) is 13.2. The molecule has 2 aromatic rings. The van der Waals surface area contributed by atoms with E-state index in [0.29, 0.717) is 13.0 Å². The second kappa shape index (κ2) is 6.66. The van der Waals surface area contributed by atoms with Gasteiger partial charge < -0.3 is 11.1 Å². The lowest BCUT2D eigenvalue weighted by Crippen LogP contribution is -2.32. The predicted octanol–water partition coefficient (Wildman–Crippen LogP) is 1.44. The second-order valence-corrected chi connectivity index (χ2v) is 4.36. The third-order valence-electron chi connectivity index (χ3n) is 2.83. The molecule has 1 amide bonds. The molecule has 98 valence electrons. The highest BCUT2D eigenvalue weighted by Gasteiger charge is 2.08. The number of hydrogen-bond donors (Lipinski definition) is 2. The molecule has 3 N–H and O–H groups in total. The van der Waals surface area contributed by atoms with Gasteiger partial charge in [0.25, 0.3) is 0 Å². The maximum atomic E-state index is 11.8. The normalized spacial score (nSPS) is 11.8. The molecule has 1 heterocycles. The molecule has 1 unspecified atom stereocenters. The van der Waals surface area contributed by atoms with Crippen molar-refractivity contribution in [3.05, 3.63) is 66.0 Å². The molecule has 0 aliphatic heterocycles. The van der Waals surface area contributed by atoms with Crippen molar-refractivity contribution >= 4 is 5.91 Å². The Bertz CT molecular complexity index is 513. The standard InChI is InChI=1S/C15H17N3O/c16-14(13-6-2-1-3-7-13)11-18-15(19)9-12-5-4-8-17-10-12/h1-8,10,14H,9,11,16H2,(H,18,19). The van der Waals surface area contributed by atoms with Gasteiger partial charge in [-0.25, -0.2) is 0 Å². The first-order valence-corrected chi connectivity index (χ1v) is 6.22. The summed E-state index contributed by atoms with van der Waals surface area (Å²) in [6.45, 7) is 0.434. The van der Waals surface area contributed by atoms with Gasteiger partial charge in [0, 0.05) is 25.0 Å². The summed E-state index contributed by atoms with van der Waals surface area (Å²) in [7, 11) is 0. The van der Waals surface area contributed by atoms with E-state index in [4.69, 9.17) is 5.73 Å². The van der Waals surface area contributed by atoms with Gasteiger partial charge in [0.15, 0.2) is 0 Å². The number of benzene rings is 1. The van der Waals surface area contributed by atoms with Crippen molar-refractivity contribution in [2.75, 3.05) is 6.54 Å². The lowest BCUT2D eigenvalue weighted by Gasteiger charge is -2.13. The fraction of sp³-hybridized carbons (Fsp3) is 0.200. The van der Waals surface area contributed by atoms with Crippen LogP contribution in [0.5, 0.6) is 0 Å². The minimum atomic E-state index is -0.181. The molecule has 0 saturated heterocycles. The van der Waals surface area contributed by atoms with Gasteiger partial charge in [-0.05, 0) is 17.2 Å². The van der Waals surface area contributed by atoms with E-state index in [2.05, 4.69) is 10.3 Å². The van der Waals surface area contributed by atoms with E-state index < -0.39 is 0 Å². The fourth-order valence-corrected chi connectivity index (χ4v) is 1.79. The number of carbonyl (C=O) groups excluding carboxylic acids is 1. The number of hydrogen-bond acceptors (Lipinski definition) is 3. The van der Waals surface area contributed by atoms with E-state index >= 15 is 0 Å². The molecule has 0 aliphatic carbocycles. The Kier molecular flexibility index (Phi) is 4.64. The molecule has 1 aromatic carbocycles. The Balaban J connectivity index is 1.81. The zero-order valence-corrected chi connectivity index (χ0v) is 10.6. The number of rotatable bonds is 5. The fourth-order valence-electron chi connectivity index (χ4n) is 1.79. The van der Waals surface area contributed by atoms with E-state index in [0.717, 1.165) is 11.1 Å². The van der Waals surface area contributed by atoms with Gasteiger partial charge in [0.1, 0.15) is 0 Å². The lowest BCUT2D eigenvalue weighted by atomic mass is 10.1. The molecule has 1 aromatic heterocycles. The van der Waals surface area contributed by atoms with Gasteiger partial charge in [-0.2, -0.15) is 0 Å². The Labute approximate surface area is 112 Å². The number of nitrogens with two attached hydrogens (primary N) is 1. The van der Waals surface area contributed by atoms with Crippen molar-refractivity contribution in [2.45, 2.75) is 12.5 Å². The van der Waals surface area contributed by atoms with Gasteiger partial charge in [-0.1, -0.05) is 36.4 Å². The smallest absolute Gasteiger partial charge is 0.224 e. The van der Waals surface area contributed by atoms with Crippen molar-refractivity contribution in [2.24, 2.45) is 5.73 Å². The second-order valence-electron chi connectivity index (χ2n) is 4.36. The zero-order valence-electron chi connectivity index (χ0n) is 10.6. The van der Waals surface area contributed by atoms with E-state index in [1.807, 2.05) is 42.5 Å². The average molecular weight is 255 g/mol. The van der Waals surface area contributed by atoms with Gasteiger partial charge >= 0.3 is 0 Å². The van der Waals surface area contributed by atoms with Crippen molar-refractivity contribution in [3.63, 3.8) is 0 Å². The van der Waals surface area contributed by atoms with Crippen molar-refractivity contribution < 1.29 is 4.79 Å². The third-order valence-corrected chi connectivity index (χ3v) is 2.83. The number of nitrogens with one attached hydrogen (secondary N) is 1. The Morgan fingerprint density at radius 3 is 2.68 bits per heavy atom. The number of aromatic nitrogens is 1. The molecule has 0 spiro atoms. The molecule has 1 atom stereocenters. The Morgan fingerprint density at radius 2 is 2.00 bits per heavy atom. The van der Waals surface area contributed by atoms with Crippen LogP contribution in [0.15, 0.2) is 54.9 Å². The Hall–Kier alpha value is -2.20. The van der Waals surface area contributed by atoms with Crippen LogP contribution in [-0.4, -0.2) is 17.4 Å². The highest BCUT2D eigenvalue weighted by atomic mass is 16.1. The molecule has 4 heteroatoms. The maximum absolute atomic E-state index is 11.8. The maximum Gasteiger partial charge on any atom is 0.224 e. The highest BCUT2D eigenvalue weighted by Crippen LogP contribution is 2.08. The largest absolute Gasteiger partial charge is 0.354 e. The quantitative estimate of drug-likeness (QED) is 0.849. The molecule has 19 heavy (non-hydrogen) atoms. The summed E-state index contributed by atoms with van der Waals surface area (Å²) in [5.41, 5.74) is 7.92. The van der Waals surface area contributed by atoms with Crippen molar-refractivity contribution in [1.82, 2.24) is 10.3 Å². The summed E-state index contributed by atoms with van der Waals surface area (Å²) in [6.07, 6.45) is 3.71. The molecule has 0 radical (unpaired) electrons. The summed E-state index contributed by atoms with van der Waals surface area (Å²) < 4.78 is 0. The van der Waals surface area contributed by atoms with E-state index in [1.165, 1.54) is 0 Å². The SMILES string of the molecule is NC(CNC(=O)Cc1cccnc1)c1ccccc1.